The first kappa shape index (κ1) is 15.9. The molecule has 1 aliphatic heterocycles. The highest BCUT2D eigenvalue weighted by Gasteiger charge is 2.38. The van der Waals surface area contributed by atoms with Crippen LogP contribution in [0.15, 0.2) is 48.5 Å². The van der Waals surface area contributed by atoms with Gasteiger partial charge in [-0.05, 0) is 35.2 Å². The summed E-state index contributed by atoms with van der Waals surface area (Å²) in [5.74, 6) is -2.00. The molecule has 0 fully saturated rings. The molecule has 0 radical (unpaired) electrons. The fourth-order valence-corrected chi connectivity index (χ4v) is 2.49. The Balaban J connectivity index is 1.79. The van der Waals surface area contributed by atoms with Gasteiger partial charge in [0, 0.05) is 0 Å². The van der Waals surface area contributed by atoms with Crippen molar-refractivity contribution in [2.45, 2.75) is 26.2 Å². The van der Waals surface area contributed by atoms with Crippen LogP contribution in [0, 0.1) is 0 Å². The molecular weight excluding hydrogens is 306 g/mol. The molecule has 0 spiro atoms. The maximum absolute atomic E-state index is 12.2. The third-order valence-electron chi connectivity index (χ3n) is 3.92. The maximum Gasteiger partial charge on any atom is 0.363 e. The first-order valence-electron chi connectivity index (χ1n) is 7.60. The van der Waals surface area contributed by atoms with Crippen LogP contribution in [-0.2, 0) is 10.3 Å². The Morgan fingerprint density at radius 2 is 1.38 bits per heavy atom. The van der Waals surface area contributed by atoms with Gasteiger partial charge in [0.2, 0.25) is 0 Å². The van der Waals surface area contributed by atoms with Crippen molar-refractivity contribution in [2.75, 3.05) is 0 Å². The lowest BCUT2D eigenvalue weighted by atomic mass is 9.87. The second-order valence-corrected chi connectivity index (χ2v) is 6.66. The largest absolute Gasteiger partial charge is 0.363 e. The van der Waals surface area contributed by atoms with Crippen LogP contribution in [0.4, 0.5) is 0 Å². The van der Waals surface area contributed by atoms with E-state index in [-0.39, 0.29) is 22.1 Å². The SMILES string of the molecule is CC(C)(C)c1ccc(C(=O)ON2C(=O)c3ccccc3C2=O)cc1. The second-order valence-electron chi connectivity index (χ2n) is 6.66. The average molecular weight is 323 g/mol. The van der Waals surface area contributed by atoms with E-state index in [0.717, 1.165) is 5.56 Å². The Kier molecular flexibility index (Phi) is 3.72. The molecule has 0 N–H and O–H groups in total. The van der Waals surface area contributed by atoms with E-state index in [4.69, 9.17) is 4.84 Å². The van der Waals surface area contributed by atoms with Crippen LogP contribution < -0.4 is 0 Å². The second kappa shape index (κ2) is 5.60. The van der Waals surface area contributed by atoms with Gasteiger partial charge in [-0.2, -0.15) is 0 Å². The number of hydrogen-bond donors (Lipinski definition) is 0. The van der Waals surface area contributed by atoms with Gasteiger partial charge in [-0.1, -0.05) is 50.1 Å². The van der Waals surface area contributed by atoms with E-state index < -0.39 is 17.8 Å². The average Bonchev–Trinajstić information content (AvgIpc) is 2.79. The zero-order chi connectivity index (χ0) is 17.5. The van der Waals surface area contributed by atoms with Crippen molar-refractivity contribution in [3.05, 3.63) is 70.8 Å². The van der Waals surface area contributed by atoms with Gasteiger partial charge in [0.05, 0.1) is 16.7 Å². The summed E-state index contributed by atoms with van der Waals surface area (Å²) in [4.78, 5) is 41.6. The van der Waals surface area contributed by atoms with E-state index in [2.05, 4.69) is 20.8 Å². The maximum atomic E-state index is 12.2. The fraction of sp³-hybridized carbons (Fsp3) is 0.211. The minimum absolute atomic E-state index is 0.0367. The van der Waals surface area contributed by atoms with Crippen LogP contribution in [0.2, 0.25) is 0 Å². The highest BCUT2D eigenvalue weighted by Crippen LogP contribution is 2.25. The number of hydrogen-bond acceptors (Lipinski definition) is 4. The molecular formula is C19H17NO4. The van der Waals surface area contributed by atoms with Gasteiger partial charge < -0.3 is 4.84 Å². The third kappa shape index (κ3) is 2.69. The molecule has 2 aromatic carbocycles. The Morgan fingerprint density at radius 3 is 1.83 bits per heavy atom. The lowest BCUT2D eigenvalue weighted by Gasteiger charge is -2.19. The van der Waals surface area contributed by atoms with Gasteiger partial charge in [-0.25, -0.2) is 4.79 Å². The molecule has 0 aliphatic carbocycles. The zero-order valence-corrected chi connectivity index (χ0v) is 13.7. The number of carbonyl (C=O) groups is 3. The molecule has 0 aromatic heterocycles. The molecule has 1 heterocycles. The Bertz CT molecular complexity index is 796. The van der Waals surface area contributed by atoms with Crippen molar-refractivity contribution < 1.29 is 19.2 Å². The van der Waals surface area contributed by atoms with Crippen LogP contribution >= 0.6 is 0 Å². The zero-order valence-electron chi connectivity index (χ0n) is 13.7. The molecule has 24 heavy (non-hydrogen) atoms. The molecule has 0 bridgehead atoms. The number of amides is 2. The van der Waals surface area contributed by atoms with Crippen LogP contribution in [0.1, 0.15) is 57.4 Å². The first-order chi connectivity index (χ1) is 11.3. The van der Waals surface area contributed by atoms with Gasteiger partial charge in [0.15, 0.2) is 0 Å². The van der Waals surface area contributed by atoms with Gasteiger partial charge in [-0.3, -0.25) is 9.59 Å². The van der Waals surface area contributed by atoms with E-state index in [9.17, 15) is 14.4 Å². The summed E-state index contributed by atoms with van der Waals surface area (Å²) in [5.41, 5.74) is 1.78. The van der Waals surface area contributed by atoms with E-state index >= 15 is 0 Å². The topological polar surface area (TPSA) is 63.7 Å². The van der Waals surface area contributed by atoms with Crippen molar-refractivity contribution in [2.24, 2.45) is 0 Å². The molecule has 122 valence electrons. The molecule has 2 aromatic rings. The molecule has 5 nitrogen and oxygen atoms in total. The number of nitrogens with zero attached hydrogens (tertiary/aromatic N) is 1. The number of imide groups is 1. The summed E-state index contributed by atoms with van der Waals surface area (Å²) < 4.78 is 0. The Hall–Kier alpha value is -2.95. The number of rotatable bonds is 2. The summed E-state index contributed by atoms with van der Waals surface area (Å²) in [6.45, 7) is 6.21. The molecule has 2 amide bonds. The fourth-order valence-electron chi connectivity index (χ4n) is 2.49. The van der Waals surface area contributed by atoms with Crippen molar-refractivity contribution in [3.8, 4) is 0 Å². The van der Waals surface area contributed by atoms with Gasteiger partial charge in [-0.15, -0.1) is 0 Å². The normalized spacial score (nSPS) is 13.9. The van der Waals surface area contributed by atoms with E-state index in [1.165, 1.54) is 12.1 Å². The smallest absolute Gasteiger partial charge is 0.324 e. The van der Waals surface area contributed by atoms with Gasteiger partial charge in [0.25, 0.3) is 11.8 Å². The number of carbonyl (C=O) groups excluding carboxylic acids is 3. The number of benzene rings is 2. The molecule has 3 rings (SSSR count). The molecule has 1 aliphatic rings. The standard InChI is InChI=1S/C19H17NO4/c1-19(2,3)13-10-8-12(9-11-13)18(23)24-20-16(21)14-6-4-5-7-15(14)17(20)22/h4-11H,1-3H3. The minimum Gasteiger partial charge on any atom is -0.324 e. The monoisotopic (exact) mass is 323 g/mol. The predicted molar refractivity (Wildman–Crippen MR) is 87.5 cm³/mol. The highest BCUT2D eigenvalue weighted by atomic mass is 16.7. The van der Waals surface area contributed by atoms with Crippen molar-refractivity contribution in [3.63, 3.8) is 0 Å². The quantitative estimate of drug-likeness (QED) is 0.795. The van der Waals surface area contributed by atoms with Gasteiger partial charge >= 0.3 is 5.97 Å². The van der Waals surface area contributed by atoms with Crippen molar-refractivity contribution >= 4 is 17.8 Å². The van der Waals surface area contributed by atoms with Crippen LogP contribution in [0.3, 0.4) is 0 Å². The van der Waals surface area contributed by atoms with Gasteiger partial charge in [0.1, 0.15) is 0 Å². The van der Waals surface area contributed by atoms with Crippen LogP contribution in [-0.4, -0.2) is 22.8 Å². The number of fused-ring (bicyclic) bond motifs is 1. The lowest BCUT2D eigenvalue weighted by Crippen LogP contribution is -2.32. The molecule has 0 unspecified atom stereocenters. The van der Waals surface area contributed by atoms with E-state index in [1.807, 2.05) is 12.1 Å². The summed E-state index contributed by atoms with van der Waals surface area (Å²) in [6.07, 6.45) is 0. The summed E-state index contributed by atoms with van der Waals surface area (Å²) in [7, 11) is 0. The molecule has 0 saturated heterocycles. The first-order valence-corrected chi connectivity index (χ1v) is 7.60. The molecule has 0 saturated carbocycles. The minimum atomic E-state index is -0.745. The van der Waals surface area contributed by atoms with E-state index in [1.54, 1.807) is 24.3 Å². The Morgan fingerprint density at radius 1 is 0.875 bits per heavy atom. The summed E-state index contributed by atoms with van der Waals surface area (Å²) >= 11 is 0. The summed E-state index contributed by atoms with van der Waals surface area (Å²) in [5, 5.41) is 0.519. The molecule has 5 heteroatoms. The van der Waals surface area contributed by atoms with E-state index in [0.29, 0.717) is 5.06 Å². The summed E-state index contributed by atoms with van der Waals surface area (Å²) in [6, 6.07) is 13.3. The highest BCUT2D eigenvalue weighted by molar-refractivity contribution is 6.21. The third-order valence-corrected chi connectivity index (χ3v) is 3.92. The number of hydroxylamine groups is 2. The van der Waals surface area contributed by atoms with Crippen molar-refractivity contribution in [1.82, 2.24) is 5.06 Å². The molecule has 0 atom stereocenters. The van der Waals surface area contributed by atoms with Crippen LogP contribution in [0.25, 0.3) is 0 Å². The Labute approximate surface area is 139 Å². The predicted octanol–water partition coefficient (Wildman–Crippen LogP) is 3.35. The van der Waals surface area contributed by atoms with Crippen LogP contribution in [0.5, 0.6) is 0 Å². The van der Waals surface area contributed by atoms with Crippen molar-refractivity contribution in [1.29, 1.82) is 0 Å². The lowest BCUT2D eigenvalue weighted by molar-refractivity contribution is -0.0584.